The Morgan fingerprint density at radius 1 is 1.14 bits per heavy atom. The van der Waals surface area contributed by atoms with Gasteiger partial charge in [0, 0.05) is 5.69 Å². The van der Waals surface area contributed by atoms with Crippen LogP contribution >= 0.6 is 0 Å². The van der Waals surface area contributed by atoms with Crippen molar-refractivity contribution in [1.29, 1.82) is 0 Å². The highest BCUT2D eigenvalue weighted by molar-refractivity contribution is 5.94. The zero-order valence-electron chi connectivity index (χ0n) is 13.1. The summed E-state index contributed by atoms with van der Waals surface area (Å²) in [6, 6.07) is 15.0. The molecule has 2 rings (SSSR count). The van der Waals surface area contributed by atoms with Gasteiger partial charge in [0.25, 0.3) is 5.91 Å². The number of methoxy groups -OCH3 is 1. The molecule has 1 N–H and O–H groups in total. The number of carbonyl (C=O) groups is 1. The molecule has 1 atom stereocenters. The first-order chi connectivity index (χ1) is 10.6. The summed E-state index contributed by atoms with van der Waals surface area (Å²) in [5.74, 6) is 1.20. The van der Waals surface area contributed by atoms with Crippen LogP contribution in [-0.4, -0.2) is 19.1 Å². The quantitative estimate of drug-likeness (QED) is 0.885. The molecule has 0 saturated carbocycles. The van der Waals surface area contributed by atoms with Crippen LogP contribution in [0.15, 0.2) is 48.5 Å². The van der Waals surface area contributed by atoms with Crippen LogP contribution in [0.3, 0.4) is 0 Å². The summed E-state index contributed by atoms with van der Waals surface area (Å²) in [4.78, 5) is 12.2. The van der Waals surface area contributed by atoms with E-state index in [1.807, 2.05) is 24.3 Å². The lowest BCUT2D eigenvalue weighted by Crippen LogP contribution is -2.30. The van der Waals surface area contributed by atoms with Crippen LogP contribution in [0, 0.1) is 0 Å². The summed E-state index contributed by atoms with van der Waals surface area (Å²) in [5.41, 5.74) is 1.97. The molecule has 0 saturated heterocycles. The maximum atomic E-state index is 12.2. The molecule has 0 heterocycles. The zero-order valence-corrected chi connectivity index (χ0v) is 13.1. The molecule has 0 aromatic heterocycles. The molecule has 0 bridgehead atoms. The van der Waals surface area contributed by atoms with Crippen molar-refractivity contribution < 1.29 is 14.3 Å². The lowest BCUT2D eigenvalue weighted by Gasteiger charge is -2.15. The van der Waals surface area contributed by atoms with Crippen molar-refractivity contribution in [1.82, 2.24) is 0 Å². The van der Waals surface area contributed by atoms with Crippen molar-refractivity contribution in [2.75, 3.05) is 12.4 Å². The van der Waals surface area contributed by atoms with Crippen molar-refractivity contribution in [3.63, 3.8) is 0 Å². The average molecular weight is 299 g/mol. The average Bonchev–Trinajstić information content (AvgIpc) is 2.55. The standard InChI is InChI=1S/C18H21NO3/c1-4-14-6-5-7-15(12-14)19-18(20)13(2)22-17-10-8-16(21-3)9-11-17/h5-13H,4H2,1-3H3,(H,19,20). The number of amides is 1. The molecule has 1 unspecified atom stereocenters. The van der Waals surface area contributed by atoms with Crippen molar-refractivity contribution in [2.45, 2.75) is 26.4 Å². The molecule has 0 radical (unpaired) electrons. The van der Waals surface area contributed by atoms with Gasteiger partial charge in [0.05, 0.1) is 7.11 Å². The van der Waals surface area contributed by atoms with Gasteiger partial charge in [0.15, 0.2) is 6.10 Å². The van der Waals surface area contributed by atoms with Crippen LogP contribution in [0.25, 0.3) is 0 Å². The van der Waals surface area contributed by atoms with Gasteiger partial charge in [0.1, 0.15) is 11.5 Å². The fraction of sp³-hybridized carbons (Fsp3) is 0.278. The molecule has 4 heteroatoms. The first-order valence-electron chi connectivity index (χ1n) is 7.33. The van der Waals surface area contributed by atoms with Gasteiger partial charge in [-0.3, -0.25) is 4.79 Å². The molecule has 0 aliphatic carbocycles. The lowest BCUT2D eigenvalue weighted by atomic mass is 10.1. The molecule has 2 aromatic carbocycles. The number of hydrogen-bond donors (Lipinski definition) is 1. The van der Waals surface area contributed by atoms with E-state index in [2.05, 4.69) is 12.2 Å². The molecule has 1 amide bonds. The van der Waals surface area contributed by atoms with Crippen LogP contribution in [0.2, 0.25) is 0 Å². The molecule has 0 fully saturated rings. The number of rotatable bonds is 6. The van der Waals surface area contributed by atoms with E-state index in [-0.39, 0.29) is 5.91 Å². The minimum atomic E-state index is -0.585. The molecule has 22 heavy (non-hydrogen) atoms. The van der Waals surface area contributed by atoms with Crippen molar-refractivity contribution in [3.8, 4) is 11.5 Å². The Balaban J connectivity index is 1.96. The van der Waals surface area contributed by atoms with E-state index in [4.69, 9.17) is 9.47 Å². The molecule has 4 nitrogen and oxygen atoms in total. The molecule has 2 aromatic rings. The van der Waals surface area contributed by atoms with Crippen LogP contribution in [0.4, 0.5) is 5.69 Å². The second-order valence-electron chi connectivity index (χ2n) is 4.98. The summed E-state index contributed by atoms with van der Waals surface area (Å²) in [6.45, 7) is 3.81. The van der Waals surface area contributed by atoms with Crippen molar-refractivity contribution >= 4 is 11.6 Å². The van der Waals surface area contributed by atoms with Crippen LogP contribution in [-0.2, 0) is 11.2 Å². The van der Waals surface area contributed by atoms with E-state index in [0.29, 0.717) is 5.75 Å². The van der Waals surface area contributed by atoms with Crippen molar-refractivity contribution in [2.24, 2.45) is 0 Å². The molecular weight excluding hydrogens is 278 g/mol. The maximum Gasteiger partial charge on any atom is 0.265 e. The number of anilines is 1. The van der Waals surface area contributed by atoms with Crippen LogP contribution < -0.4 is 14.8 Å². The Bertz CT molecular complexity index is 622. The minimum Gasteiger partial charge on any atom is -0.497 e. The molecule has 116 valence electrons. The monoisotopic (exact) mass is 299 g/mol. The van der Waals surface area contributed by atoms with Gasteiger partial charge in [-0.2, -0.15) is 0 Å². The molecular formula is C18H21NO3. The van der Waals surface area contributed by atoms with E-state index in [0.717, 1.165) is 17.9 Å². The number of benzene rings is 2. The molecule has 0 aliphatic heterocycles. The predicted octanol–water partition coefficient (Wildman–Crippen LogP) is 3.66. The van der Waals surface area contributed by atoms with Crippen LogP contribution in [0.5, 0.6) is 11.5 Å². The fourth-order valence-corrected chi connectivity index (χ4v) is 2.02. The highest BCUT2D eigenvalue weighted by Gasteiger charge is 2.15. The summed E-state index contributed by atoms with van der Waals surface area (Å²) >= 11 is 0. The predicted molar refractivity (Wildman–Crippen MR) is 87.5 cm³/mol. The Morgan fingerprint density at radius 3 is 2.45 bits per heavy atom. The lowest BCUT2D eigenvalue weighted by molar-refractivity contribution is -0.122. The molecule has 0 aliphatic rings. The van der Waals surface area contributed by atoms with E-state index >= 15 is 0 Å². The van der Waals surface area contributed by atoms with Crippen LogP contribution in [0.1, 0.15) is 19.4 Å². The SMILES string of the molecule is CCc1cccc(NC(=O)C(C)Oc2ccc(OC)cc2)c1. The van der Waals surface area contributed by atoms with Gasteiger partial charge in [-0.25, -0.2) is 0 Å². The topological polar surface area (TPSA) is 47.6 Å². The summed E-state index contributed by atoms with van der Waals surface area (Å²) in [6.07, 6.45) is 0.348. The maximum absolute atomic E-state index is 12.2. The normalized spacial score (nSPS) is 11.6. The van der Waals surface area contributed by atoms with Gasteiger partial charge in [-0.1, -0.05) is 19.1 Å². The summed E-state index contributed by atoms with van der Waals surface area (Å²) in [7, 11) is 1.61. The highest BCUT2D eigenvalue weighted by Crippen LogP contribution is 2.19. The summed E-state index contributed by atoms with van der Waals surface area (Å²) < 4.78 is 10.7. The smallest absolute Gasteiger partial charge is 0.265 e. The van der Waals surface area contributed by atoms with Gasteiger partial charge in [-0.05, 0) is 55.3 Å². The Hall–Kier alpha value is -2.49. The number of hydrogen-bond acceptors (Lipinski definition) is 3. The second-order valence-corrected chi connectivity index (χ2v) is 4.98. The molecule has 0 spiro atoms. The van der Waals surface area contributed by atoms with E-state index in [9.17, 15) is 4.79 Å². The first-order valence-corrected chi connectivity index (χ1v) is 7.33. The summed E-state index contributed by atoms with van der Waals surface area (Å²) in [5, 5.41) is 2.87. The van der Waals surface area contributed by atoms with E-state index in [1.54, 1.807) is 38.3 Å². The fourth-order valence-electron chi connectivity index (χ4n) is 2.02. The Morgan fingerprint density at radius 2 is 1.82 bits per heavy atom. The Kier molecular flexibility index (Phi) is 5.42. The number of carbonyl (C=O) groups excluding carboxylic acids is 1. The highest BCUT2D eigenvalue weighted by atomic mass is 16.5. The number of aryl methyl sites for hydroxylation is 1. The largest absolute Gasteiger partial charge is 0.497 e. The van der Waals surface area contributed by atoms with Gasteiger partial charge in [0.2, 0.25) is 0 Å². The third kappa shape index (κ3) is 4.25. The van der Waals surface area contributed by atoms with Gasteiger partial charge >= 0.3 is 0 Å². The first kappa shape index (κ1) is 15.9. The van der Waals surface area contributed by atoms with E-state index < -0.39 is 6.10 Å². The zero-order chi connectivity index (χ0) is 15.9. The number of nitrogens with one attached hydrogen (secondary N) is 1. The third-order valence-corrected chi connectivity index (χ3v) is 3.34. The number of ether oxygens (including phenoxy) is 2. The third-order valence-electron chi connectivity index (χ3n) is 3.34. The Labute approximate surface area is 131 Å². The van der Waals surface area contributed by atoms with Crippen molar-refractivity contribution in [3.05, 3.63) is 54.1 Å². The van der Waals surface area contributed by atoms with Gasteiger partial charge < -0.3 is 14.8 Å². The minimum absolute atomic E-state index is 0.177. The van der Waals surface area contributed by atoms with E-state index in [1.165, 1.54) is 5.56 Å². The second kappa shape index (κ2) is 7.50. The van der Waals surface area contributed by atoms with Gasteiger partial charge in [-0.15, -0.1) is 0 Å².